The lowest BCUT2D eigenvalue weighted by Gasteiger charge is -2.27. The van der Waals surface area contributed by atoms with Crippen molar-refractivity contribution in [2.24, 2.45) is 5.92 Å². The van der Waals surface area contributed by atoms with Crippen molar-refractivity contribution in [2.45, 2.75) is 45.5 Å². The van der Waals surface area contributed by atoms with Crippen LogP contribution >= 0.6 is 0 Å². The van der Waals surface area contributed by atoms with Gasteiger partial charge in [-0.05, 0) is 25.2 Å². The number of aromatic nitrogens is 4. The molecule has 1 aliphatic heterocycles. The molecule has 0 bridgehead atoms. The number of nitrogens with zero attached hydrogens (tertiary/aromatic N) is 4. The summed E-state index contributed by atoms with van der Waals surface area (Å²) < 4.78 is 39.9. The molecule has 1 aliphatic carbocycles. The molecule has 0 saturated carbocycles. The van der Waals surface area contributed by atoms with E-state index in [9.17, 15) is 18.0 Å². The number of alkyl halides is 3. The molecule has 1 N–H and O–H groups in total. The van der Waals surface area contributed by atoms with Crippen LogP contribution in [0.5, 0.6) is 0 Å². The number of halogens is 3. The number of amides is 1. The van der Waals surface area contributed by atoms with E-state index in [1.54, 1.807) is 0 Å². The number of hydrogen-bond donors (Lipinski definition) is 1. The van der Waals surface area contributed by atoms with Crippen LogP contribution < -0.4 is 0 Å². The van der Waals surface area contributed by atoms with Crippen molar-refractivity contribution in [3.8, 4) is 0 Å². The molecule has 9 heteroatoms. The molecule has 0 unspecified atom stereocenters. The van der Waals surface area contributed by atoms with Crippen LogP contribution in [-0.4, -0.2) is 37.1 Å². The third kappa shape index (κ3) is 2.81. The summed E-state index contributed by atoms with van der Waals surface area (Å²) in [7, 11) is 0. The van der Waals surface area contributed by atoms with Crippen molar-refractivity contribution in [3.63, 3.8) is 0 Å². The number of fused-ring (bicyclic) bond motifs is 2. The lowest BCUT2D eigenvalue weighted by Crippen LogP contribution is -2.39. The number of hydrogen-bond acceptors (Lipinski definition) is 3. The number of aromatic amines is 1. The van der Waals surface area contributed by atoms with Crippen molar-refractivity contribution in [1.82, 2.24) is 24.6 Å². The van der Waals surface area contributed by atoms with E-state index < -0.39 is 11.9 Å². The van der Waals surface area contributed by atoms with Gasteiger partial charge in [-0.3, -0.25) is 9.89 Å². The molecule has 0 aromatic carbocycles. The molecule has 0 saturated heterocycles. The number of carbonyl (C=O) groups excluding carboxylic acids is 1. The molecular weight excluding hydrogens is 335 g/mol. The molecule has 6 nitrogen and oxygen atoms in total. The highest BCUT2D eigenvalue weighted by molar-refractivity contribution is 5.94. The monoisotopic (exact) mass is 353 g/mol. The number of H-pyrrole nitrogens is 1. The van der Waals surface area contributed by atoms with Crippen LogP contribution in [-0.2, 0) is 32.1 Å². The van der Waals surface area contributed by atoms with Gasteiger partial charge in [-0.1, -0.05) is 6.92 Å². The minimum Gasteiger partial charge on any atom is -0.331 e. The number of aryl methyl sites for hydroxylation is 1. The minimum absolute atomic E-state index is 0.0616. The molecule has 1 amide bonds. The van der Waals surface area contributed by atoms with Gasteiger partial charge in [-0.15, -0.1) is 0 Å². The van der Waals surface area contributed by atoms with Crippen LogP contribution in [0.25, 0.3) is 0 Å². The zero-order valence-corrected chi connectivity index (χ0v) is 13.7. The predicted molar refractivity (Wildman–Crippen MR) is 81.7 cm³/mol. The summed E-state index contributed by atoms with van der Waals surface area (Å²) in [4.78, 5) is 18.0. The second-order valence-corrected chi connectivity index (χ2v) is 6.84. The van der Waals surface area contributed by atoms with Gasteiger partial charge in [0.2, 0.25) is 0 Å². The van der Waals surface area contributed by atoms with Crippen LogP contribution in [0.1, 0.15) is 46.6 Å². The van der Waals surface area contributed by atoms with Gasteiger partial charge in [0, 0.05) is 30.5 Å². The highest BCUT2D eigenvalue weighted by atomic mass is 19.4. The van der Waals surface area contributed by atoms with Crippen molar-refractivity contribution in [3.05, 3.63) is 34.7 Å². The first-order chi connectivity index (χ1) is 11.8. The largest absolute Gasteiger partial charge is 0.434 e. The summed E-state index contributed by atoms with van der Waals surface area (Å²) in [6, 6.07) is 0. The van der Waals surface area contributed by atoms with Crippen molar-refractivity contribution >= 4 is 5.91 Å². The topological polar surface area (TPSA) is 66.8 Å². The standard InChI is InChI=1S/C16H18F3N5O/c1-9-2-3-11-10(6-9)14(22-21-11)15(25)24-5-4-23-7-12(16(17,18)19)20-13(23)8-24/h7,9H,2-6,8H2,1H3,(H,21,22)/t9-/m0/s1. The summed E-state index contributed by atoms with van der Waals surface area (Å²) in [5.74, 6) is 0.505. The highest BCUT2D eigenvalue weighted by Gasteiger charge is 2.36. The smallest absolute Gasteiger partial charge is 0.331 e. The van der Waals surface area contributed by atoms with Gasteiger partial charge in [-0.2, -0.15) is 18.3 Å². The van der Waals surface area contributed by atoms with E-state index in [4.69, 9.17) is 0 Å². The summed E-state index contributed by atoms with van der Waals surface area (Å²) in [6.45, 7) is 2.84. The zero-order valence-electron chi connectivity index (χ0n) is 13.7. The van der Waals surface area contributed by atoms with Gasteiger partial charge < -0.3 is 9.47 Å². The normalized spacial score (nSPS) is 20.3. The Kier molecular flexibility index (Phi) is 3.62. The first kappa shape index (κ1) is 16.2. The molecule has 1 atom stereocenters. The van der Waals surface area contributed by atoms with Gasteiger partial charge in [0.05, 0.1) is 6.54 Å². The minimum atomic E-state index is -4.48. The Morgan fingerprint density at radius 1 is 1.36 bits per heavy atom. The number of imidazole rings is 1. The van der Waals surface area contributed by atoms with Crippen LogP contribution in [0.15, 0.2) is 6.20 Å². The molecule has 0 fully saturated rings. The molecule has 3 heterocycles. The van der Waals surface area contributed by atoms with Gasteiger partial charge in [-0.25, -0.2) is 4.98 Å². The summed E-state index contributed by atoms with van der Waals surface area (Å²) in [6.07, 6.45) is -0.736. The lowest BCUT2D eigenvalue weighted by molar-refractivity contribution is -0.141. The van der Waals surface area contributed by atoms with E-state index in [0.717, 1.165) is 36.7 Å². The maximum atomic E-state index is 12.8. The Bertz CT molecular complexity index is 822. The van der Waals surface area contributed by atoms with E-state index in [0.29, 0.717) is 24.7 Å². The summed E-state index contributed by atoms with van der Waals surface area (Å²) >= 11 is 0. The molecular formula is C16H18F3N5O. The number of carbonyl (C=O) groups is 1. The highest BCUT2D eigenvalue weighted by Crippen LogP contribution is 2.30. The fourth-order valence-corrected chi connectivity index (χ4v) is 3.56. The quantitative estimate of drug-likeness (QED) is 0.856. The lowest BCUT2D eigenvalue weighted by atomic mass is 9.87. The Morgan fingerprint density at radius 3 is 2.92 bits per heavy atom. The van der Waals surface area contributed by atoms with Gasteiger partial charge in [0.1, 0.15) is 5.82 Å². The second-order valence-electron chi connectivity index (χ2n) is 6.84. The van der Waals surface area contributed by atoms with E-state index in [-0.39, 0.29) is 18.3 Å². The molecule has 134 valence electrons. The Balaban J connectivity index is 1.57. The first-order valence-electron chi connectivity index (χ1n) is 8.31. The third-order valence-corrected chi connectivity index (χ3v) is 4.98. The van der Waals surface area contributed by atoms with Crippen molar-refractivity contribution in [1.29, 1.82) is 0 Å². The number of nitrogens with one attached hydrogen (secondary N) is 1. The fourth-order valence-electron chi connectivity index (χ4n) is 3.56. The Morgan fingerprint density at radius 2 is 2.16 bits per heavy atom. The fraction of sp³-hybridized carbons (Fsp3) is 0.562. The Labute approximate surface area is 142 Å². The average molecular weight is 353 g/mol. The van der Waals surface area contributed by atoms with Crippen LogP contribution in [0, 0.1) is 5.92 Å². The average Bonchev–Trinajstić information content (AvgIpc) is 3.16. The van der Waals surface area contributed by atoms with E-state index in [1.807, 2.05) is 0 Å². The molecule has 2 aromatic rings. The van der Waals surface area contributed by atoms with Crippen molar-refractivity contribution < 1.29 is 18.0 Å². The van der Waals surface area contributed by atoms with Crippen molar-refractivity contribution in [2.75, 3.05) is 6.54 Å². The maximum absolute atomic E-state index is 12.8. The molecule has 2 aromatic heterocycles. The molecule has 2 aliphatic rings. The maximum Gasteiger partial charge on any atom is 0.434 e. The van der Waals surface area contributed by atoms with Gasteiger partial charge in [0.15, 0.2) is 11.4 Å². The predicted octanol–water partition coefficient (Wildman–Crippen LogP) is 2.41. The van der Waals surface area contributed by atoms with E-state index in [2.05, 4.69) is 22.1 Å². The molecule has 4 rings (SSSR count). The Hall–Kier alpha value is -2.32. The van der Waals surface area contributed by atoms with Crippen LogP contribution in [0.3, 0.4) is 0 Å². The van der Waals surface area contributed by atoms with E-state index in [1.165, 1.54) is 9.47 Å². The third-order valence-electron chi connectivity index (χ3n) is 4.98. The first-order valence-corrected chi connectivity index (χ1v) is 8.31. The number of rotatable bonds is 1. The molecule has 0 radical (unpaired) electrons. The summed E-state index contributed by atoms with van der Waals surface area (Å²) in [5, 5.41) is 7.13. The zero-order chi connectivity index (χ0) is 17.8. The summed E-state index contributed by atoms with van der Waals surface area (Å²) in [5.41, 5.74) is 1.44. The van der Waals surface area contributed by atoms with Gasteiger partial charge in [0.25, 0.3) is 5.91 Å². The van der Waals surface area contributed by atoms with E-state index >= 15 is 0 Å². The van der Waals surface area contributed by atoms with Crippen LogP contribution in [0.4, 0.5) is 13.2 Å². The molecule has 25 heavy (non-hydrogen) atoms. The second kappa shape index (κ2) is 5.60. The molecule has 0 spiro atoms. The van der Waals surface area contributed by atoms with Crippen LogP contribution in [0.2, 0.25) is 0 Å². The van der Waals surface area contributed by atoms with Gasteiger partial charge >= 0.3 is 6.18 Å². The SMILES string of the molecule is C[C@H]1CCc2[nH]nc(C(=O)N3CCn4cc(C(F)(F)F)nc4C3)c2C1.